The first kappa shape index (κ1) is 11.2. The van der Waals surface area contributed by atoms with E-state index in [0.717, 1.165) is 11.8 Å². The Hall–Kier alpha value is 0.0900. The van der Waals surface area contributed by atoms with Gasteiger partial charge in [-0.1, -0.05) is 38.3 Å². The minimum atomic E-state index is 0.446. The summed E-state index contributed by atoms with van der Waals surface area (Å²) in [5, 5.41) is 0.446. The molecule has 76 valence electrons. The first-order chi connectivity index (χ1) is 6.15. The van der Waals surface area contributed by atoms with E-state index in [4.69, 9.17) is 0 Å². The highest BCUT2D eigenvalue weighted by Gasteiger charge is 2.28. The first-order valence-electron chi connectivity index (χ1n) is 5.48. The number of thiol groups is 1. The number of rotatable bonds is 4. The first-order valence-corrected chi connectivity index (χ1v) is 6.00. The van der Waals surface area contributed by atoms with E-state index in [1.165, 1.54) is 37.7 Å². The van der Waals surface area contributed by atoms with Crippen LogP contribution in [0.5, 0.6) is 0 Å². The van der Waals surface area contributed by atoms with Gasteiger partial charge in [-0.15, -0.1) is 0 Å². The minimum Gasteiger partial charge on any atom is -0.171 e. The van der Waals surface area contributed by atoms with Gasteiger partial charge in [0.05, 0.1) is 0 Å². The van der Waals surface area contributed by atoms with E-state index in [0.29, 0.717) is 5.25 Å². The second-order valence-corrected chi connectivity index (χ2v) is 5.08. The Morgan fingerprint density at radius 2 is 2.23 bits per heavy atom. The third kappa shape index (κ3) is 3.05. The summed E-state index contributed by atoms with van der Waals surface area (Å²) in [7, 11) is 0. The summed E-state index contributed by atoms with van der Waals surface area (Å²) in [6.45, 7) is 8.38. The van der Waals surface area contributed by atoms with Gasteiger partial charge in [-0.25, -0.2) is 0 Å². The van der Waals surface area contributed by atoms with Crippen LogP contribution in [0.1, 0.15) is 46.0 Å². The quantitative estimate of drug-likeness (QED) is 0.511. The fourth-order valence-electron chi connectivity index (χ4n) is 2.47. The molecule has 1 rings (SSSR count). The lowest BCUT2D eigenvalue weighted by Crippen LogP contribution is -2.12. The van der Waals surface area contributed by atoms with Crippen molar-refractivity contribution in [2.24, 2.45) is 11.8 Å². The van der Waals surface area contributed by atoms with Crippen LogP contribution in [0.4, 0.5) is 0 Å². The molecule has 1 aliphatic carbocycles. The molecule has 0 aromatic heterocycles. The van der Waals surface area contributed by atoms with Crippen molar-refractivity contribution in [2.45, 2.75) is 51.2 Å². The molecule has 0 heterocycles. The molecule has 13 heavy (non-hydrogen) atoms. The Morgan fingerprint density at radius 1 is 1.54 bits per heavy atom. The van der Waals surface area contributed by atoms with Crippen LogP contribution < -0.4 is 0 Å². The Morgan fingerprint density at radius 3 is 2.77 bits per heavy atom. The summed E-state index contributed by atoms with van der Waals surface area (Å²) in [6, 6.07) is 0. The van der Waals surface area contributed by atoms with Crippen LogP contribution in [0.3, 0.4) is 0 Å². The molecule has 3 unspecified atom stereocenters. The predicted octanol–water partition coefficient (Wildman–Crippen LogP) is 4.08. The van der Waals surface area contributed by atoms with Crippen LogP contribution >= 0.6 is 12.6 Å². The molecule has 0 aliphatic heterocycles. The van der Waals surface area contributed by atoms with Crippen molar-refractivity contribution < 1.29 is 0 Å². The number of hydrogen-bond donors (Lipinski definition) is 1. The average Bonchev–Trinajstić information content (AvgIpc) is 2.52. The van der Waals surface area contributed by atoms with Gasteiger partial charge in [0, 0.05) is 5.25 Å². The van der Waals surface area contributed by atoms with Crippen LogP contribution in [-0.4, -0.2) is 5.25 Å². The lowest BCUT2D eigenvalue weighted by atomic mass is 9.96. The second kappa shape index (κ2) is 5.09. The van der Waals surface area contributed by atoms with Crippen molar-refractivity contribution in [1.29, 1.82) is 0 Å². The zero-order chi connectivity index (χ0) is 9.84. The summed E-state index contributed by atoms with van der Waals surface area (Å²) in [6.07, 6.45) is 6.91. The van der Waals surface area contributed by atoms with Gasteiger partial charge in [0.1, 0.15) is 0 Å². The summed E-state index contributed by atoms with van der Waals surface area (Å²) >= 11 is 4.63. The fourth-order valence-corrected chi connectivity index (χ4v) is 2.74. The van der Waals surface area contributed by atoms with Crippen molar-refractivity contribution in [2.75, 3.05) is 0 Å². The summed E-state index contributed by atoms with van der Waals surface area (Å²) in [4.78, 5) is 0. The normalized spacial score (nSPS) is 30.4. The molecule has 3 atom stereocenters. The molecule has 0 nitrogen and oxygen atoms in total. The fraction of sp³-hybridized carbons (Fsp3) is 0.833. The molecule has 1 saturated carbocycles. The average molecular weight is 198 g/mol. The smallest absolute Gasteiger partial charge is 0.0249 e. The van der Waals surface area contributed by atoms with E-state index in [-0.39, 0.29) is 0 Å². The molecule has 0 amide bonds. The van der Waals surface area contributed by atoms with Crippen LogP contribution in [0.2, 0.25) is 0 Å². The largest absolute Gasteiger partial charge is 0.171 e. The zero-order valence-corrected chi connectivity index (χ0v) is 9.82. The van der Waals surface area contributed by atoms with E-state index in [2.05, 4.69) is 33.1 Å². The van der Waals surface area contributed by atoms with Crippen LogP contribution in [0.25, 0.3) is 0 Å². The Balaban J connectivity index is 2.36. The Kier molecular flexibility index (Phi) is 4.37. The zero-order valence-electron chi connectivity index (χ0n) is 8.92. The van der Waals surface area contributed by atoms with E-state index in [9.17, 15) is 0 Å². The number of hydrogen-bond acceptors (Lipinski definition) is 1. The van der Waals surface area contributed by atoms with Gasteiger partial charge in [-0.05, 0) is 31.6 Å². The van der Waals surface area contributed by atoms with Crippen molar-refractivity contribution in [1.82, 2.24) is 0 Å². The lowest BCUT2D eigenvalue weighted by molar-refractivity contribution is 0.463. The summed E-state index contributed by atoms with van der Waals surface area (Å²) < 4.78 is 0. The second-order valence-electron chi connectivity index (χ2n) is 4.52. The molecule has 1 fully saturated rings. The van der Waals surface area contributed by atoms with Gasteiger partial charge >= 0.3 is 0 Å². The molecular weight excluding hydrogens is 176 g/mol. The molecule has 0 aromatic rings. The van der Waals surface area contributed by atoms with E-state index >= 15 is 0 Å². The van der Waals surface area contributed by atoms with Gasteiger partial charge in [0.2, 0.25) is 0 Å². The maximum absolute atomic E-state index is 4.63. The molecule has 0 saturated heterocycles. The highest BCUT2D eigenvalue weighted by Crippen LogP contribution is 2.38. The van der Waals surface area contributed by atoms with Gasteiger partial charge in [0.25, 0.3) is 0 Å². The molecule has 0 aromatic carbocycles. The monoisotopic (exact) mass is 198 g/mol. The van der Waals surface area contributed by atoms with Crippen molar-refractivity contribution in [3.8, 4) is 0 Å². The van der Waals surface area contributed by atoms with Crippen LogP contribution in [-0.2, 0) is 0 Å². The third-order valence-corrected chi connectivity index (χ3v) is 4.09. The Labute approximate surface area is 88.2 Å². The van der Waals surface area contributed by atoms with Gasteiger partial charge in [0.15, 0.2) is 0 Å². The predicted molar refractivity (Wildman–Crippen MR) is 63.3 cm³/mol. The topological polar surface area (TPSA) is 0 Å². The minimum absolute atomic E-state index is 0.446. The van der Waals surface area contributed by atoms with Crippen molar-refractivity contribution in [3.63, 3.8) is 0 Å². The van der Waals surface area contributed by atoms with E-state index < -0.39 is 0 Å². The van der Waals surface area contributed by atoms with E-state index in [1.807, 2.05) is 0 Å². The highest BCUT2D eigenvalue weighted by molar-refractivity contribution is 7.81. The van der Waals surface area contributed by atoms with E-state index in [1.54, 1.807) is 0 Å². The molecule has 0 bridgehead atoms. The molecule has 1 aliphatic rings. The standard InChI is InChI=1S/C12H22S/c1-4-5-10-6-7-11(8-10)12(13)9(2)3/h10-13H,2,4-8H2,1,3H3. The SMILES string of the molecule is C=C(C)C(S)C1CCC(CCC)C1. The molecule has 1 heteroatoms. The summed E-state index contributed by atoms with van der Waals surface area (Å²) in [5.41, 5.74) is 1.24. The molecular formula is C12H22S. The van der Waals surface area contributed by atoms with Gasteiger partial charge < -0.3 is 0 Å². The molecule has 0 radical (unpaired) electrons. The lowest BCUT2D eigenvalue weighted by Gasteiger charge is -2.18. The van der Waals surface area contributed by atoms with Gasteiger partial charge in [-0.3, -0.25) is 0 Å². The van der Waals surface area contributed by atoms with Gasteiger partial charge in [-0.2, -0.15) is 12.6 Å². The maximum atomic E-state index is 4.63. The Bertz CT molecular complexity index is 174. The van der Waals surface area contributed by atoms with Crippen molar-refractivity contribution >= 4 is 12.6 Å². The van der Waals surface area contributed by atoms with Crippen LogP contribution in [0, 0.1) is 11.8 Å². The highest BCUT2D eigenvalue weighted by atomic mass is 32.1. The molecule has 0 N–H and O–H groups in total. The van der Waals surface area contributed by atoms with Crippen molar-refractivity contribution in [3.05, 3.63) is 12.2 Å². The third-order valence-electron chi connectivity index (χ3n) is 3.23. The summed E-state index contributed by atoms with van der Waals surface area (Å²) in [5.74, 6) is 1.78. The van der Waals surface area contributed by atoms with Crippen LogP contribution in [0.15, 0.2) is 12.2 Å². The maximum Gasteiger partial charge on any atom is 0.0249 e. The molecule has 0 spiro atoms.